The number of fused-ring (bicyclic) bond motifs is 1. The highest BCUT2D eigenvalue weighted by atomic mass is 32.1. The maximum atomic E-state index is 5.75. The number of benzene rings is 1. The van der Waals surface area contributed by atoms with E-state index in [1.54, 1.807) is 11.3 Å². The summed E-state index contributed by atoms with van der Waals surface area (Å²) in [5.41, 5.74) is 7.48. The zero-order valence-corrected chi connectivity index (χ0v) is 11.1. The molecular weight excluding hydrogens is 246 g/mol. The molecule has 5 heteroatoms. The van der Waals surface area contributed by atoms with Crippen molar-refractivity contribution in [2.45, 2.75) is 12.8 Å². The van der Waals surface area contributed by atoms with E-state index in [4.69, 9.17) is 10.5 Å². The van der Waals surface area contributed by atoms with Crippen LogP contribution in [0.3, 0.4) is 0 Å². The third kappa shape index (κ3) is 2.57. The molecule has 0 saturated carbocycles. The van der Waals surface area contributed by atoms with Gasteiger partial charge >= 0.3 is 0 Å². The lowest BCUT2D eigenvalue weighted by Gasteiger charge is -2.13. The minimum atomic E-state index is 0.718. The van der Waals surface area contributed by atoms with Crippen LogP contribution in [0.1, 0.15) is 12.8 Å². The summed E-state index contributed by atoms with van der Waals surface area (Å²) in [5.74, 6) is 0. The Morgan fingerprint density at radius 1 is 1.33 bits per heavy atom. The number of thiazole rings is 1. The minimum Gasteiger partial charge on any atom is -0.469 e. The van der Waals surface area contributed by atoms with Crippen molar-refractivity contribution < 1.29 is 4.74 Å². The molecule has 0 radical (unpaired) electrons. The number of hydrogen-bond donors (Lipinski definition) is 1. The SMILES string of the molecule is Nc1ccc2nc(OCCN3CCCC3)sc2c1. The molecule has 0 spiro atoms. The van der Waals surface area contributed by atoms with E-state index in [2.05, 4.69) is 9.88 Å². The van der Waals surface area contributed by atoms with Gasteiger partial charge in [0.1, 0.15) is 6.61 Å². The molecule has 1 aromatic carbocycles. The molecule has 0 bridgehead atoms. The molecule has 3 rings (SSSR count). The number of nitrogen functional groups attached to an aromatic ring is 1. The van der Waals surface area contributed by atoms with Crippen molar-refractivity contribution >= 4 is 27.2 Å². The van der Waals surface area contributed by atoms with E-state index in [0.29, 0.717) is 0 Å². The molecule has 2 aromatic rings. The Morgan fingerprint density at radius 2 is 2.17 bits per heavy atom. The van der Waals surface area contributed by atoms with Crippen LogP contribution < -0.4 is 10.5 Å². The quantitative estimate of drug-likeness (QED) is 0.860. The summed E-state index contributed by atoms with van der Waals surface area (Å²) in [6, 6.07) is 5.75. The lowest BCUT2D eigenvalue weighted by molar-refractivity contribution is 0.237. The van der Waals surface area contributed by atoms with E-state index in [-0.39, 0.29) is 0 Å². The number of nitrogens with zero attached hydrogens (tertiary/aromatic N) is 2. The van der Waals surface area contributed by atoms with Crippen molar-refractivity contribution in [3.63, 3.8) is 0 Å². The van der Waals surface area contributed by atoms with Crippen LogP contribution in [-0.4, -0.2) is 36.1 Å². The first-order chi connectivity index (χ1) is 8.81. The van der Waals surface area contributed by atoms with Gasteiger partial charge in [-0.2, -0.15) is 0 Å². The zero-order valence-electron chi connectivity index (χ0n) is 10.3. The summed E-state index contributed by atoms with van der Waals surface area (Å²) in [6.45, 7) is 4.13. The summed E-state index contributed by atoms with van der Waals surface area (Å²) in [7, 11) is 0. The second-order valence-electron chi connectivity index (χ2n) is 4.60. The number of likely N-dealkylation sites (tertiary alicyclic amines) is 1. The lowest BCUT2D eigenvalue weighted by atomic mass is 10.3. The van der Waals surface area contributed by atoms with Crippen molar-refractivity contribution in [1.82, 2.24) is 9.88 Å². The molecule has 0 amide bonds. The highest BCUT2D eigenvalue weighted by molar-refractivity contribution is 7.20. The molecule has 1 aliphatic rings. The topological polar surface area (TPSA) is 51.4 Å². The Bertz CT molecular complexity index is 534. The van der Waals surface area contributed by atoms with Gasteiger partial charge in [0, 0.05) is 12.2 Å². The van der Waals surface area contributed by atoms with Crippen LogP contribution >= 0.6 is 11.3 Å². The predicted octanol–water partition coefficient (Wildman–Crippen LogP) is 2.35. The van der Waals surface area contributed by atoms with Gasteiger partial charge in [0.15, 0.2) is 0 Å². The van der Waals surface area contributed by atoms with Crippen LogP contribution in [0.4, 0.5) is 5.69 Å². The zero-order chi connectivity index (χ0) is 12.4. The van der Waals surface area contributed by atoms with Crippen molar-refractivity contribution in [1.29, 1.82) is 0 Å². The standard InChI is InChI=1S/C13H17N3OS/c14-10-3-4-11-12(9-10)18-13(15-11)17-8-7-16-5-1-2-6-16/h3-4,9H,1-2,5-8,14H2. The first-order valence-corrected chi connectivity index (χ1v) is 7.14. The molecule has 1 aliphatic heterocycles. The third-order valence-electron chi connectivity index (χ3n) is 3.22. The van der Waals surface area contributed by atoms with Gasteiger partial charge in [0.25, 0.3) is 5.19 Å². The van der Waals surface area contributed by atoms with E-state index >= 15 is 0 Å². The highest BCUT2D eigenvalue weighted by Crippen LogP contribution is 2.29. The second kappa shape index (κ2) is 5.12. The van der Waals surface area contributed by atoms with Gasteiger partial charge in [-0.15, -0.1) is 0 Å². The number of nitrogens with two attached hydrogens (primary N) is 1. The first kappa shape index (κ1) is 11.7. The van der Waals surface area contributed by atoms with Crippen LogP contribution in [0.5, 0.6) is 5.19 Å². The van der Waals surface area contributed by atoms with Gasteiger partial charge in [0.2, 0.25) is 0 Å². The van der Waals surface area contributed by atoms with Crippen LogP contribution in [0, 0.1) is 0 Å². The second-order valence-corrected chi connectivity index (χ2v) is 5.60. The average Bonchev–Trinajstić information content (AvgIpc) is 2.97. The summed E-state index contributed by atoms with van der Waals surface area (Å²) < 4.78 is 6.81. The van der Waals surface area contributed by atoms with Gasteiger partial charge in [-0.1, -0.05) is 11.3 Å². The molecule has 4 nitrogen and oxygen atoms in total. The van der Waals surface area contributed by atoms with Crippen LogP contribution in [0.2, 0.25) is 0 Å². The minimum absolute atomic E-state index is 0.718. The molecule has 1 fully saturated rings. The molecular formula is C13H17N3OS. The summed E-state index contributed by atoms with van der Waals surface area (Å²) in [6.07, 6.45) is 2.64. The summed E-state index contributed by atoms with van der Waals surface area (Å²) in [5, 5.41) is 0.745. The van der Waals surface area contributed by atoms with Gasteiger partial charge in [-0.3, -0.25) is 4.90 Å². The molecule has 0 atom stereocenters. The van der Waals surface area contributed by atoms with E-state index < -0.39 is 0 Å². The Balaban J connectivity index is 1.60. The first-order valence-electron chi connectivity index (χ1n) is 6.32. The van der Waals surface area contributed by atoms with Crippen LogP contribution in [0.15, 0.2) is 18.2 Å². The molecule has 1 aromatic heterocycles. The van der Waals surface area contributed by atoms with Crippen molar-refractivity contribution in [2.75, 3.05) is 32.0 Å². The normalized spacial score (nSPS) is 16.4. The average molecular weight is 263 g/mol. The largest absolute Gasteiger partial charge is 0.469 e. The van der Waals surface area contributed by atoms with Crippen LogP contribution in [0.25, 0.3) is 10.2 Å². The fourth-order valence-electron chi connectivity index (χ4n) is 2.25. The van der Waals surface area contributed by atoms with Gasteiger partial charge in [-0.05, 0) is 44.1 Å². The molecule has 1 saturated heterocycles. The Morgan fingerprint density at radius 3 is 3.00 bits per heavy atom. The number of anilines is 1. The van der Waals surface area contributed by atoms with E-state index in [0.717, 1.165) is 34.2 Å². The molecule has 0 aliphatic carbocycles. The number of hydrogen-bond acceptors (Lipinski definition) is 5. The van der Waals surface area contributed by atoms with Crippen molar-refractivity contribution in [2.24, 2.45) is 0 Å². The van der Waals surface area contributed by atoms with E-state index in [9.17, 15) is 0 Å². The molecule has 0 unspecified atom stereocenters. The third-order valence-corrected chi connectivity index (χ3v) is 4.16. The smallest absolute Gasteiger partial charge is 0.274 e. The summed E-state index contributed by atoms with van der Waals surface area (Å²) >= 11 is 1.56. The number of rotatable bonds is 4. The number of ether oxygens (including phenoxy) is 1. The highest BCUT2D eigenvalue weighted by Gasteiger charge is 2.11. The molecule has 2 N–H and O–H groups in total. The predicted molar refractivity (Wildman–Crippen MR) is 75.2 cm³/mol. The Hall–Kier alpha value is -1.33. The maximum absolute atomic E-state index is 5.75. The van der Waals surface area contributed by atoms with E-state index in [1.165, 1.54) is 25.9 Å². The monoisotopic (exact) mass is 263 g/mol. The van der Waals surface area contributed by atoms with Crippen molar-refractivity contribution in [3.05, 3.63) is 18.2 Å². The van der Waals surface area contributed by atoms with Crippen molar-refractivity contribution in [3.8, 4) is 5.19 Å². The fourth-order valence-corrected chi connectivity index (χ4v) is 3.14. The van der Waals surface area contributed by atoms with E-state index in [1.807, 2.05) is 18.2 Å². The fraction of sp³-hybridized carbons (Fsp3) is 0.462. The summed E-state index contributed by atoms with van der Waals surface area (Å²) in [4.78, 5) is 6.88. The Labute approximate surface area is 110 Å². The Kier molecular flexibility index (Phi) is 3.34. The number of aromatic nitrogens is 1. The maximum Gasteiger partial charge on any atom is 0.274 e. The van der Waals surface area contributed by atoms with Gasteiger partial charge in [0.05, 0.1) is 10.2 Å². The lowest BCUT2D eigenvalue weighted by Crippen LogP contribution is -2.24. The molecule has 2 heterocycles. The van der Waals surface area contributed by atoms with Gasteiger partial charge < -0.3 is 10.5 Å². The molecule has 96 valence electrons. The molecule has 18 heavy (non-hydrogen) atoms. The van der Waals surface area contributed by atoms with Gasteiger partial charge in [-0.25, -0.2) is 4.98 Å². The van der Waals surface area contributed by atoms with Crippen LogP contribution in [-0.2, 0) is 0 Å².